The maximum absolute atomic E-state index is 5.41. The molecule has 5 heteroatoms. The first kappa shape index (κ1) is 13.1. The molecular weight excluding hydrogens is 252 g/mol. The van der Waals surface area contributed by atoms with Crippen molar-refractivity contribution in [1.82, 2.24) is 15.5 Å². The zero-order valence-electron chi connectivity index (χ0n) is 12.0. The van der Waals surface area contributed by atoms with Crippen molar-refractivity contribution in [3.05, 3.63) is 40.8 Å². The van der Waals surface area contributed by atoms with E-state index in [2.05, 4.69) is 52.4 Å². The summed E-state index contributed by atoms with van der Waals surface area (Å²) in [6.45, 7) is 8.05. The van der Waals surface area contributed by atoms with Crippen molar-refractivity contribution in [2.45, 2.75) is 20.3 Å². The van der Waals surface area contributed by atoms with E-state index >= 15 is 0 Å². The number of nitrogens with one attached hydrogen (secondary N) is 1. The monoisotopic (exact) mass is 272 g/mol. The van der Waals surface area contributed by atoms with Crippen molar-refractivity contribution in [3.8, 4) is 0 Å². The van der Waals surface area contributed by atoms with Crippen LogP contribution in [-0.4, -0.2) is 36.3 Å². The Hall–Kier alpha value is -1.88. The molecule has 2 aromatic rings. The van der Waals surface area contributed by atoms with Gasteiger partial charge in [0.2, 0.25) is 5.89 Å². The van der Waals surface area contributed by atoms with Gasteiger partial charge in [-0.15, -0.1) is 0 Å². The van der Waals surface area contributed by atoms with E-state index in [9.17, 15) is 0 Å². The fraction of sp³-hybridized carbons (Fsp3) is 0.467. The minimum atomic E-state index is 0.691. The molecular formula is C15H20N4O. The predicted octanol–water partition coefficient (Wildman–Crippen LogP) is 1.69. The molecule has 1 fully saturated rings. The van der Waals surface area contributed by atoms with Crippen LogP contribution in [0.25, 0.3) is 0 Å². The number of piperazine rings is 1. The SMILES string of the molecule is Cc1cccc(C)c1Cc1nc(N2CCNCC2)no1. The van der Waals surface area contributed by atoms with Crippen LogP contribution in [0.5, 0.6) is 0 Å². The third-order valence-corrected chi connectivity index (χ3v) is 3.83. The van der Waals surface area contributed by atoms with Gasteiger partial charge in [-0.3, -0.25) is 0 Å². The number of aromatic nitrogens is 2. The van der Waals surface area contributed by atoms with Crippen LogP contribution in [0.15, 0.2) is 22.7 Å². The van der Waals surface area contributed by atoms with E-state index in [-0.39, 0.29) is 0 Å². The summed E-state index contributed by atoms with van der Waals surface area (Å²) in [6.07, 6.45) is 0.706. The van der Waals surface area contributed by atoms with Gasteiger partial charge >= 0.3 is 0 Å². The normalized spacial score (nSPS) is 15.6. The van der Waals surface area contributed by atoms with Gasteiger partial charge in [-0.05, 0) is 35.7 Å². The highest BCUT2D eigenvalue weighted by Crippen LogP contribution is 2.18. The molecule has 106 valence electrons. The van der Waals surface area contributed by atoms with Gasteiger partial charge in [0.15, 0.2) is 0 Å². The van der Waals surface area contributed by atoms with Gasteiger partial charge in [0.1, 0.15) is 0 Å². The Balaban J connectivity index is 1.77. The number of anilines is 1. The van der Waals surface area contributed by atoms with E-state index in [1.807, 2.05) is 0 Å². The third kappa shape index (κ3) is 2.67. The molecule has 1 aromatic carbocycles. The molecule has 0 bridgehead atoms. The van der Waals surface area contributed by atoms with Gasteiger partial charge in [0.05, 0.1) is 6.42 Å². The number of hydrogen-bond donors (Lipinski definition) is 1. The third-order valence-electron chi connectivity index (χ3n) is 3.83. The average molecular weight is 272 g/mol. The van der Waals surface area contributed by atoms with Gasteiger partial charge < -0.3 is 14.7 Å². The lowest BCUT2D eigenvalue weighted by Crippen LogP contribution is -2.44. The van der Waals surface area contributed by atoms with Gasteiger partial charge in [0.25, 0.3) is 5.95 Å². The molecule has 20 heavy (non-hydrogen) atoms. The number of rotatable bonds is 3. The van der Waals surface area contributed by atoms with E-state index in [4.69, 9.17) is 4.52 Å². The number of nitrogens with zero attached hydrogens (tertiary/aromatic N) is 3. The van der Waals surface area contributed by atoms with Crippen molar-refractivity contribution in [2.75, 3.05) is 31.1 Å². The second-order valence-electron chi connectivity index (χ2n) is 5.27. The summed E-state index contributed by atoms with van der Waals surface area (Å²) in [5, 5.41) is 7.43. The van der Waals surface area contributed by atoms with E-state index in [0.717, 1.165) is 26.2 Å². The fourth-order valence-electron chi connectivity index (χ4n) is 2.59. The summed E-state index contributed by atoms with van der Waals surface area (Å²) < 4.78 is 5.41. The van der Waals surface area contributed by atoms with Gasteiger partial charge in [-0.25, -0.2) is 0 Å². The number of aryl methyl sites for hydroxylation is 2. The molecule has 3 rings (SSSR count). The predicted molar refractivity (Wildman–Crippen MR) is 78.1 cm³/mol. The highest BCUT2D eigenvalue weighted by atomic mass is 16.5. The van der Waals surface area contributed by atoms with Gasteiger partial charge in [0, 0.05) is 26.2 Å². The minimum absolute atomic E-state index is 0.691. The Morgan fingerprint density at radius 3 is 2.60 bits per heavy atom. The molecule has 0 spiro atoms. The van der Waals surface area contributed by atoms with Gasteiger partial charge in [-0.1, -0.05) is 18.2 Å². The van der Waals surface area contributed by atoms with Gasteiger partial charge in [-0.2, -0.15) is 4.98 Å². The molecule has 1 aliphatic heterocycles. The Bertz CT molecular complexity index is 567. The van der Waals surface area contributed by atoms with E-state index in [0.29, 0.717) is 18.3 Å². The maximum atomic E-state index is 5.41. The number of benzene rings is 1. The second-order valence-corrected chi connectivity index (χ2v) is 5.27. The molecule has 0 radical (unpaired) electrons. The molecule has 5 nitrogen and oxygen atoms in total. The van der Waals surface area contributed by atoms with E-state index in [1.54, 1.807) is 0 Å². The summed E-state index contributed by atoms with van der Waals surface area (Å²) in [6, 6.07) is 6.32. The molecule has 1 aromatic heterocycles. The summed E-state index contributed by atoms with van der Waals surface area (Å²) in [5.74, 6) is 1.41. The first-order valence-electron chi connectivity index (χ1n) is 7.07. The quantitative estimate of drug-likeness (QED) is 0.921. The Morgan fingerprint density at radius 2 is 1.90 bits per heavy atom. The highest BCUT2D eigenvalue weighted by Gasteiger charge is 2.17. The highest BCUT2D eigenvalue weighted by molar-refractivity contribution is 5.36. The first-order chi connectivity index (χ1) is 9.74. The second kappa shape index (κ2) is 5.63. The molecule has 0 aliphatic carbocycles. The number of hydrogen-bond acceptors (Lipinski definition) is 5. The lowest BCUT2D eigenvalue weighted by Gasteiger charge is -2.25. The molecule has 0 atom stereocenters. The Kier molecular flexibility index (Phi) is 3.69. The Morgan fingerprint density at radius 1 is 1.20 bits per heavy atom. The average Bonchev–Trinajstić information content (AvgIpc) is 2.93. The first-order valence-corrected chi connectivity index (χ1v) is 7.07. The van der Waals surface area contributed by atoms with Crippen molar-refractivity contribution < 1.29 is 4.52 Å². The molecule has 1 saturated heterocycles. The van der Waals surface area contributed by atoms with Crippen molar-refractivity contribution in [1.29, 1.82) is 0 Å². The minimum Gasteiger partial charge on any atom is -0.337 e. The molecule has 0 saturated carbocycles. The smallest absolute Gasteiger partial charge is 0.266 e. The van der Waals surface area contributed by atoms with E-state index in [1.165, 1.54) is 16.7 Å². The topological polar surface area (TPSA) is 54.2 Å². The van der Waals surface area contributed by atoms with E-state index < -0.39 is 0 Å². The van der Waals surface area contributed by atoms with Crippen molar-refractivity contribution in [3.63, 3.8) is 0 Å². The van der Waals surface area contributed by atoms with Crippen LogP contribution in [0.3, 0.4) is 0 Å². The van der Waals surface area contributed by atoms with Crippen molar-refractivity contribution in [2.24, 2.45) is 0 Å². The molecule has 1 aliphatic rings. The van der Waals surface area contributed by atoms with Crippen LogP contribution in [0.2, 0.25) is 0 Å². The summed E-state index contributed by atoms with van der Waals surface area (Å²) in [7, 11) is 0. The zero-order chi connectivity index (χ0) is 13.9. The standard InChI is InChI=1S/C15H20N4O/c1-11-4-3-5-12(2)13(11)10-14-17-15(18-20-14)19-8-6-16-7-9-19/h3-5,16H,6-10H2,1-2H3. The van der Waals surface area contributed by atoms with Crippen molar-refractivity contribution >= 4 is 5.95 Å². The van der Waals surface area contributed by atoms with Crippen LogP contribution in [-0.2, 0) is 6.42 Å². The maximum Gasteiger partial charge on any atom is 0.266 e. The summed E-state index contributed by atoms with van der Waals surface area (Å²) >= 11 is 0. The largest absolute Gasteiger partial charge is 0.337 e. The molecule has 0 unspecified atom stereocenters. The van der Waals surface area contributed by atoms with Crippen LogP contribution in [0, 0.1) is 13.8 Å². The summed E-state index contributed by atoms with van der Waals surface area (Å²) in [4.78, 5) is 6.69. The zero-order valence-corrected chi connectivity index (χ0v) is 12.0. The lowest BCUT2D eigenvalue weighted by molar-refractivity contribution is 0.382. The molecule has 0 amide bonds. The molecule has 2 heterocycles. The fourth-order valence-corrected chi connectivity index (χ4v) is 2.59. The van der Waals surface area contributed by atoms with Crippen LogP contribution in [0.1, 0.15) is 22.6 Å². The van der Waals surface area contributed by atoms with Crippen LogP contribution >= 0.6 is 0 Å². The van der Waals surface area contributed by atoms with Crippen LogP contribution < -0.4 is 10.2 Å². The molecule has 1 N–H and O–H groups in total. The van der Waals surface area contributed by atoms with Crippen LogP contribution in [0.4, 0.5) is 5.95 Å². The Labute approximate surface area is 119 Å². The summed E-state index contributed by atoms with van der Waals surface area (Å²) in [5.41, 5.74) is 3.82. The lowest BCUT2D eigenvalue weighted by atomic mass is 10.0.